The van der Waals surface area contributed by atoms with Crippen LogP contribution in [0.1, 0.15) is 16.7 Å². The number of nitrogens with one attached hydrogen (secondary N) is 1. The number of amides is 3. The van der Waals surface area contributed by atoms with Crippen LogP contribution in [0, 0.1) is 6.92 Å². The third kappa shape index (κ3) is 4.58. The molecule has 0 spiro atoms. The van der Waals surface area contributed by atoms with E-state index in [0.717, 1.165) is 16.0 Å². The van der Waals surface area contributed by atoms with E-state index >= 15 is 0 Å². The van der Waals surface area contributed by atoms with E-state index < -0.39 is 6.03 Å². The Hall–Kier alpha value is -3.31. The average molecular weight is 401 g/mol. The molecule has 0 saturated carbocycles. The molecule has 1 heterocycles. The molecule has 0 radical (unpaired) electrons. The Morgan fingerprint density at radius 3 is 2.14 bits per heavy atom. The van der Waals surface area contributed by atoms with Gasteiger partial charge < -0.3 is 5.32 Å². The Bertz CT molecular complexity index is 1060. The number of benzene rings is 3. The summed E-state index contributed by atoms with van der Waals surface area (Å²) in [5.74, 6) is -0.308. The van der Waals surface area contributed by atoms with Gasteiger partial charge in [-0.05, 0) is 48.4 Å². The van der Waals surface area contributed by atoms with Crippen molar-refractivity contribution in [2.45, 2.75) is 23.3 Å². The van der Waals surface area contributed by atoms with Crippen molar-refractivity contribution in [3.8, 4) is 0 Å². The van der Waals surface area contributed by atoms with E-state index in [1.807, 2.05) is 54.6 Å². The van der Waals surface area contributed by atoms with Gasteiger partial charge in [0.1, 0.15) is 5.70 Å². The van der Waals surface area contributed by atoms with Crippen LogP contribution in [0.2, 0.25) is 0 Å². The Morgan fingerprint density at radius 1 is 0.862 bits per heavy atom. The lowest BCUT2D eigenvalue weighted by Crippen LogP contribution is -2.30. The molecule has 1 saturated heterocycles. The van der Waals surface area contributed by atoms with Crippen LogP contribution in [0.5, 0.6) is 0 Å². The molecule has 4 nitrogen and oxygen atoms in total. The molecule has 1 aliphatic heterocycles. The summed E-state index contributed by atoms with van der Waals surface area (Å²) in [6.07, 6.45) is 1.71. The van der Waals surface area contributed by atoms with Crippen molar-refractivity contribution in [2.24, 2.45) is 0 Å². The Kier molecular flexibility index (Phi) is 5.49. The Labute approximate surface area is 174 Å². The average Bonchev–Trinajstić information content (AvgIpc) is 2.99. The summed E-state index contributed by atoms with van der Waals surface area (Å²) in [6.45, 7) is 2.33. The molecule has 3 aromatic carbocycles. The van der Waals surface area contributed by atoms with E-state index in [2.05, 4.69) is 36.5 Å². The fourth-order valence-electron chi connectivity index (χ4n) is 3.02. The Balaban J connectivity index is 1.45. The molecule has 0 atom stereocenters. The summed E-state index contributed by atoms with van der Waals surface area (Å²) in [7, 11) is 0. The van der Waals surface area contributed by atoms with Crippen molar-refractivity contribution in [2.75, 3.05) is 0 Å². The fraction of sp³-hybridized carbons (Fsp3) is 0.0833. The first kappa shape index (κ1) is 19.0. The van der Waals surface area contributed by atoms with Gasteiger partial charge in [0.05, 0.1) is 6.54 Å². The molecular weight excluding hydrogens is 380 g/mol. The second-order valence-corrected chi connectivity index (χ2v) is 8.00. The zero-order valence-electron chi connectivity index (χ0n) is 16.0. The maximum absolute atomic E-state index is 12.6. The number of nitrogens with zero attached hydrogens (tertiary/aromatic N) is 1. The van der Waals surface area contributed by atoms with Crippen LogP contribution < -0.4 is 5.32 Å². The molecule has 5 heteroatoms. The number of imide groups is 1. The van der Waals surface area contributed by atoms with Gasteiger partial charge in [-0.1, -0.05) is 71.9 Å². The SMILES string of the molecule is Cc1ccc(Sc2ccc(/C=C3\NC(=O)N(Cc4ccccc4)C3=O)cc2)cc1. The van der Waals surface area contributed by atoms with Gasteiger partial charge in [0.15, 0.2) is 0 Å². The Morgan fingerprint density at radius 2 is 1.48 bits per heavy atom. The van der Waals surface area contributed by atoms with Gasteiger partial charge in [-0.25, -0.2) is 4.79 Å². The van der Waals surface area contributed by atoms with Crippen molar-refractivity contribution >= 4 is 29.8 Å². The molecule has 0 bridgehead atoms. The molecule has 1 fully saturated rings. The number of carbonyl (C=O) groups excluding carboxylic acids is 2. The predicted molar refractivity (Wildman–Crippen MR) is 115 cm³/mol. The molecule has 0 unspecified atom stereocenters. The monoisotopic (exact) mass is 400 g/mol. The molecule has 3 aromatic rings. The normalized spacial score (nSPS) is 15.1. The van der Waals surface area contributed by atoms with E-state index in [0.29, 0.717) is 5.70 Å². The highest BCUT2D eigenvalue weighted by Crippen LogP contribution is 2.28. The van der Waals surface area contributed by atoms with Gasteiger partial charge in [-0.15, -0.1) is 0 Å². The summed E-state index contributed by atoms with van der Waals surface area (Å²) < 4.78 is 0. The summed E-state index contributed by atoms with van der Waals surface area (Å²) in [5.41, 5.74) is 3.31. The first-order chi connectivity index (χ1) is 14.1. The number of carbonyl (C=O) groups is 2. The first-order valence-electron chi connectivity index (χ1n) is 9.31. The molecule has 1 N–H and O–H groups in total. The predicted octanol–water partition coefficient (Wildman–Crippen LogP) is 5.24. The summed E-state index contributed by atoms with van der Waals surface area (Å²) >= 11 is 1.68. The standard InChI is InChI=1S/C24H20N2O2S/c1-17-7-11-20(12-8-17)29-21-13-9-18(10-14-21)15-22-23(27)26(24(28)25-22)16-19-5-3-2-4-6-19/h2-15H,16H2,1H3,(H,25,28)/b22-15-. The van der Waals surface area contributed by atoms with Crippen LogP contribution in [0.25, 0.3) is 6.08 Å². The zero-order chi connectivity index (χ0) is 20.2. The van der Waals surface area contributed by atoms with E-state index in [-0.39, 0.29) is 12.5 Å². The highest BCUT2D eigenvalue weighted by atomic mass is 32.2. The van der Waals surface area contributed by atoms with Gasteiger partial charge in [0.2, 0.25) is 0 Å². The van der Waals surface area contributed by atoms with Crippen LogP contribution in [-0.4, -0.2) is 16.8 Å². The zero-order valence-corrected chi connectivity index (χ0v) is 16.8. The van der Waals surface area contributed by atoms with Crippen LogP contribution in [0.3, 0.4) is 0 Å². The first-order valence-corrected chi connectivity index (χ1v) is 10.1. The van der Waals surface area contributed by atoms with E-state index in [1.54, 1.807) is 17.8 Å². The van der Waals surface area contributed by atoms with Gasteiger partial charge >= 0.3 is 6.03 Å². The number of urea groups is 1. The lowest BCUT2D eigenvalue weighted by atomic mass is 10.2. The lowest BCUT2D eigenvalue weighted by molar-refractivity contribution is -0.123. The van der Waals surface area contributed by atoms with Gasteiger partial charge in [0.25, 0.3) is 5.91 Å². The van der Waals surface area contributed by atoms with Crippen molar-refractivity contribution < 1.29 is 9.59 Å². The van der Waals surface area contributed by atoms with Crippen LogP contribution in [0.4, 0.5) is 4.79 Å². The molecule has 1 aliphatic rings. The van der Waals surface area contributed by atoms with Crippen molar-refractivity contribution in [1.29, 1.82) is 0 Å². The molecule has 144 valence electrons. The minimum absolute atomic E-state index is 0.259. The molecule has 4 rings (SSSR count). The quantitative estimate of drug-likeness (QED) is 0.471. The second-order valence-electron chi connectivity index (χ2n) is 6.85. The number of rotatable bonds is 5. The maximum atomic E-state index is 12.6. The number of aryl methyl sites for hydroxylation is 1. The third-order valence-electron chi connectivity index (χ3n) is 4.59. The number of hydrogen-bond donors (Lipinski definition) is 1. The van der Waals surface area contributed by atoms with Gasteiger partial charge in [-0.2, -0.15) is 0 Å². The largest absolute Gasteiger partial charge is 0.329 e. The summed E-state index contributed by atoms with van der Waals surface area (Å²) in [6, 6.07) is 25.4. The fourth-order valence-corrected chi connectivity index (χ4v) is 3.84. The van der Waals surface area contributed by atoms with Gasteiger partial charge in [-0.3, -0.25) is 9.69 Å². The minimum Gasteiger partial charge on any atom is -0.303 e. The highest BCUT2D eigenvalue weighted by Gasteiger charge is 2.33. The van der Waals surface area contributed by atoms with Crippen molar-refractivity contribution in [3.05, 3.63) is 101 Å². The lowest BCUT2D eigenvalue weighted by Gasteiger charge is -2.11. The van der Waals surface area contributed by atoms with Gasteiger partial charge in [0, 0.05) is 9.79 Å². The number of hydrogen-bond acceptors (Lipinski definition) is 3. The molecule has 0 aliphatic carbocycles. The van der Waals surface area contributed by atoms with E-state index in [1.165, 1.54) is 15.4 Å². The molecule has 29 heavy (non-hydrogen) atoms. The van der Waals surface area contributed by atoms with Crippen molar-refractivity contribution in [3.63, 3.8) is 0 Å². The molecule has 0 aromatic heterocycles. The van der Waals surface area contributed by atoms with E-state index in [9.17, 15) is 9.59 Å². The summed E-state index contributed by atoms with van der Waals surface area (Å²) in [5, 5.41) is 2.68. The minimum atomic E-state index is -0.392. The maximum Gasteiger partial charge on any atom is 0.329 e. The molecular formula is C24H20N2O2S. The van der Waals surface area contributed by atoms with E-state index in [4.69, 9.17) is 0 Å². The highest BCUT2D eigenvalue weighted by molar-refractivity contribution is 7.99. The third-order valence-corrected chi connectivity index (χ3v) is 5.61. The summed E-state index contributed by atoms with van der Waals surface area (Å²) in [4.78, 5) is 28.4. The van der Waals surface area contributed by atoms with Crippen LogP contribution in [0.15, 0.2) is 94.4 Å². The topological polar surface area (TPSA) is 49.4 Å². The molecule has 3 amide bonds. The van der Waals surface area contributed by atoms with Crippen LogP contribution in [-0.2, 0) is 11.3 Å². The second kappa shape index (κ2) is 8.37. The van der Waals surface area contributed by atoms with Crippen molar-refractivity contribution in [1.82, 2.24) is 10.2 Å². The van der Waals surface area contributed by atoms with Crippen LogP contribution >= 0.6 is 11.8 Å². The smallest absolute Gasteiger partial charge is 0.303 e.